The summed E-state index contributed by atoms with van der Waals surface area (Å²) in [6.45, 7) is 10.6. The molecule has 1 aliphatic carbocycles. The predicted octanol–water partition coefficient (Wildman–Crippen LogP) is 5.36. The monoisotopic (exact) mass is 412 g/mol. The van der Waals surface area contributed by atoms with E-state index in [2.05, 4.69) is 106 Å². The van der Waals surface area contributed by atoms with Crippen LogP contribution in [-0.2, 0) is 9.31 Å². The molecule has 0 bridgehead atoms. The number of imidazole rings is 1. The summed E-state index contributed by atoms with van der Waals surface area (Å²) < 4.78 is 14.7. The second kappa shape index (κ2) is 7.21. The van der Waals surface area contributed by atoms with Crippen LogP contribution in [0.15, 0.2) is 60.7 Å². The quantitative estimate of drug-likeness (QED) is 0.544. The van der Waals surface area contributed by atoms with E-state index in [0.29, 0.717) is 5.92 Å². The van der Waals surface area contributed by atoms with E-state index >= 15 is 0 Å². The van der Waals surface area contributed by atoms with Gasteiger partial charge in [-0.2, -0.15) is 0 Å². The van der Waals surface area contributed by atoms with Crippen molar-refractivity contribution in [3.05, 3.63) is 72.1 Å². The summed E-state index contributed by atoms with van der Waals surface area (Å²) in [6, 6.07) is 19.0. The maximum Gasteiger partial charge on any atom is 0.494 e. The minimum absolute atomic E-state index is 0.346. The third kappa shape index (κ3) is 3.37. The summed E-state index contributed by atoms with van der Waals surface area (Å²) in [5.41, 5.74) is 4.90. The molecule has 3 aromatic rings. The zero-order valence-corrected chi connectivity index (χ0v) is 18.9. The van der Waals surface area contributed by atoms with E-state index in [-0.39, 0.29) is 18.3 Å². The second-order valence-electron chi connectivity index (χ2n) is 9.63. The van der Waals surface area contributed by atoms with Crippen LogP contribution in [0, 0.1) is 0 Å². The van der Waals surface area contributed by atoms with Gasteiger partial charge in [0.2, 0.25) is 0 Å². The molecule has 1 aromatic heterocycles. The van der Waals surface area contributed by atoms with Crippen molar-refractivity contribution in [3.8, 4) is 17.1 Å². The first-order chi connectivity index (χ1) is 14.8. The van der Waals surface area contributed by atoms with Crippen LogP contribution in [0.4, 0.5) is 0 Å². The molecule has 31 heavy (non-hydrogen) atoms. The minimum atomic E-state index is -0.357. The van der Waals surface area contributed by atoms with Crippen molar-refractivity contribution in [2.75, 3.05) is 0 Å². The Morgan fingerprint density at radius 2 is 1.58 bits per heavy atom. The van der Waals surface area contributed by atoms with Gasteiger partial charge in [0, 0.05) is 17.2 Å². The molecule has 4 nitrogen and oxygen atoms in total. The van der Waals surface area contributed by atoms with E-state index in [1.54, 1.807) is 0 Å². The molecule has 1 unspecified atom stereocenters. The van der Waals surface area contributed by atoms with Crippen LogP contribution in [0.2, 0.25) is 0 Å². The maximum atomic E-state index is 6.22. The lowest BCUT2D eigenvalue weighted by Gasteiger charge is -2.32. The first kappa shape index (κ1) is 20.3. The summed E-state index contributed by atoms with van der Waals surface area (Å²) >= 11 is 0. The standard InChI is InChI=1S/C26H29BN2O2/c1-18-10-9-13-22-23(18)29(21-11-7-6-8-12-21)24(28-22)19-14-16-20(17-15-19)27-30-25(2,3)26(4,5)31-27/h6-9,11-18H,10H2,1-5H3. The first-order valence-electron chi connectivity index (χ1n) is 11.1. The largest absolute Gasteiger partial charge is 0.494 e. The van der Waals surface area contributed by atoms with Crippen molar-refractivity contribution < 1.29 is 9.31 Å². The number of nitrogens with zero attached hydrogens (tertiary/aromatic N) is 2. The van der Waals surface area contributed by atoms with Gasteiger partial charge in [0.05, 0.1) is 22.6 Å². The van der Waals surface area contributed by atoms with Crippen LogP contribution < -0.4 is 5.46 Å². The summed E-state index contributed by atoms with van der Waals surface area (Å²) in [6.07, 6.45) is 5.41. The summed E-state index contributed by atoms with van der Waals surface area (Å²) in [4.78, 5) is 5.03. The molecule has 1 saturated heterocycles. The molecule has 2 aromatic carbocycles. The molecule has 1 atom stereocenters. The number of fused-ring (bicyclic) bond motifs is 1. The highest BCUT2D eigenvalue weighted by atomic mass is 16.7. The van der Waals surface area contributed by atoms with E-state index in [0.717, 1.165) is 34.7 Å². The highest BCUT2D eigenvalue weighted by Gasteiger charge is 2.51. The van der Waals surface area contributed by atoms with Gasteiger partial charge in [0.25, 0.3) is 0 Å². The van der Waals surface area contributed by atoms with Crippen molar-refractivity contribution in [2.24, 2.45) is 0 Å². The van der Waals surface area contributed by atoms with E-state index in [4.69, 9.17) is 14.3 Å². The molecule has 2 aliphatic rings. The van der Waals surface area contributed by atoms with Gasteiger partial charge in [-0.15, -0.1) is 0 Å². The summed E-state index contributed by atoms with van der Waals surface area (Å²) in [5.74, 6) is 1.39. The zero-order chi connectivity index (χ0) is 21.8. The highest BCUT2D eigenvalue weighted by Crippen LogP contribution is 2.38. The van der Waals surface area contributed by atoms with Crippen molar-refractivity contribution in [1.29, 1.82) is 0 Å². The Labute approximate surface area is 185 Å². The predicted molar refractivity (Wildman–Crippen MR) is 127 cm³/mol. The van der Waals surface area contributed by atoms with Gasteiger partial charge in [-0.3, -0.25) is 4.57 Å². The van der Waals surface area contributed by atoms with Crippen molar-refractivity contribution in [2.45, 2.75) is 58.2 Å². The van der Waals surface area contributed by atoms with Gasteiger partial charge < -0.3 is 9.31 Å². The van der Waals surface area contributed by atoms with Crippen molar-refractivity contribution in [1.82, 2.24) is 9.55 Å². The molecule has 0 N–H and O–H groups in total. The van der Waals surface area contributed by atoms with E-state index < -0.39 is 0 Å². The normalized spacial score (nSPS) is 21.3. The Kier molecular flexibility index (Phi) is 4.72. The Bertz CT molecular complexity index is 1110. The topological polar surface area (TPSA) is 36.3 Å². The van der Waals surface area contributed by atoms with Crippen molar-refractivity contribution >= 4 is 18.7 Å². The fourth-order valence-electron chi connectivity index (χ4n) is 4.34. The van der Waals surface area contributed by atoms with Crippen LogP contribution in [0.1, 0.15) is 58.3 Å². The summed E-state index contributed by atoms with van der Waals surface area (Å²) in [7, 11) is -0.357. The van der Waals surface area contributed by atoms with Gasteiger partial charge in [0.15, 0.2) is 0 Å². The zero-order valence-electron chi connectivity index (χ0n) is 18.9. The fourth-order valence-corrected chi connectivity index (χ4v) is 4.34. The number of benzene rings is 2. The second-order valence-corrected chi connectivity index (χ2v) is 9.63. The Morgan fingerprint density at radius 3 is 2.23 bits per heavy atom. The van der Waals surface area contributed by atoms with E-state index in [1.807, 2.05) is 0 Å². The molecular formula is C26H29BN2O2. The van der Waals surface area contributed by atoms with E-state index in [9.17, 15) is 0 Å². The Hall–Kier alpha value is -2.63. The molecule has 158 valence electrons. The maximum absolute atomic E-state index is 6.22. The van der Waals surface area contributed by atoms with Gasteiger partial charge >= 0.3 is 7.12 Å². The fraction of sp³-hybridized carbons (Fsp3) is 0.346. The van der Waals surface area contributed by atoms with Crippen LogP contribution >= 0.6 is 0 Å². The highest BCUT2D eigenvalue weighted by molar-refractivity contribution is 6.62. The number of rotatable bonds is 3. The Balaban J connectivity index is 1.55. The van der Waals surface area contributed by atoms with E-state index in [1.165, 1.54) is 5.69 Å². The number of para-hydroxylation sites is 1. The molecule has 0 saturated carbocycles. The van der Waals surface area contributed by atoms with Gasteiger partial charge in [-0.05, 0) is 57.8 Å². The molecule has 5 rings (SSSR count). The number of hydrogen-bond acceptors (Lipinski definition) is 3. The molecule has 2 heterocycles. The molecule has 0 amide bonds. The molecule has 1 fully saturated rings. The smallest absolute Gasteiger partial charge is 0.399 e. The lowest BCUT2D eigenvalue weighted by atomic mass is 9.79. The van der Waals surface area contributed by atoms with Gasteiger partial charge in [-0.25, -0.2) is 4.98 Å². The minimum Gasteiger partial charge on any atom is -0.399 e. The van der Waals surface area contributed by atoms with Crippen LogP contribution in [-0.4, -0.2) is 27.9 Å². The van der Waals surface area contributed by atoms with Gasteiger partial charge in [0.1, 0.15) is 5.82 Å². The van der Waals surface area contributed by atoms with Crippen molar-refractivity contribution in [3.63, 3.8) is 0 Å². The van der Waals surface area contributed by atoms with Crippen LogP contribution in [0.25, 0.3) is 23.2 Å². The average molecular weight is 412 g/mol. The van der Waals surface area contributed by atoms with Gasteiger partial charge in [-0.1, -0.05) is 55.5 Å². The molecular weight excluding hydrogens is 383 g/mol. The third-order valence-corrected chi connectivity index (χ3v) is 6.88. The SMILES string of the molecule is CC1CC=Cc2nc(-c3ccc(B4OC(C)(C)C(C)(C)O4)cc3)n(-c3ccccc3)c21. The number of aromatic nitrogens is 2. The molecule has 0 radical (unpaired) electrons. The third-order valence-electron chi connectivity index (χ3n) is 6.88. The molecule has 5 heteroatoms. The number of hydrogen-bond donors (Lipinski definition) is 0. The molecule has 1 aliphatic heterocycles. The van der Waals surface area contributed by atoms with Crippen LogP contribution in [0.5, 0.6) is 0 Å². The lowest BCUT2D eigenvalue weighted by molar-refractivity contribution is 0.00578. The molecule has 0 spiro atoms. The number of allylic oxidation sites excluding steroid dienone is 1. The van der Waals surface area contributed by atoms with Crippen LogP contribution in [0.3, 0.4) is 0 Å². The summed E-state index contributed by atoms with van der Waals surface area (Å²) in [5, 5.41) is 0. The lowest BCUT2D eigenvalue weighted by Crippen LogP contribution is -2.41. The Morgan fingerprint density at radius 1 is 0.935 bits per heavy atom. The first-order valence-corrected chi connectivity index (χ1v) is 11.1. The average Bonchev–Trinajstić information content (AvgIpc) is 3.24.